The summed E-state index contributed by atoms with van der Waals surface area (Å²) in [6.45, 7) is 7.10. The van der Waals surface area contributed by atoms with E-state index in [4.69, 9.17) is 14.2 Å². The van der Waals surface area contributed by atoms with Crippen molar-refractivity contribution in [3.05, 3.63) is 59.4 Å². The molecule has 36 heavy (non-hydrogen) atoms. The molecule has 1 aliphatic rings. The standard InChI is InChI=1S/C26H34N6O4/c1-17(2)24(28-26(33)20-8-6-7-10-27-20)25-30-29-23-9-11-31(12-13-32(23)25)16-19-21(35-4)14-18(34-3)15-22(19)36-5/h6-8,10,14-15,17,24H,9,11-13,16H2,1-5H3,(H,28,33)/t24-/m1/s1. The lowest BCUT2D eigenvalue weighted by atomic mass is 10.0. The van der Waals surface area contributed by atoms with Gasteiger partial charge in [0.2, 0.25) is 0 Å². The van der Waals surface area contributed by atoms with Crippen molar-refractivity contribution in [3.8, 4) is 17.2 Å². The Labute approximate surface area is 211 Å². The van der Waals surface area contributed by atoms with Crippen LogP contribution in [0.15, 0.2) is 36.5 Å². The molecule has 1 aliphatic heterocycles. The normalized spacial score (nSPS) is 14.6. The van der Waals surface area contributed by atoms with E-state index in [0.29, 0.717) is 24.5 Å². The summed E-state index contributed by atoms with van der Waals surface area (Å²) in [4.78, 5) is 19.4. The van der Waals surface area contributed by atoms with Crippen LogP contribution in [0.1, 0.15) is 47.6 Å². The third-order valence-electron chi connectivity index (χ3n) is 6.48. The largest absolute Gasteiger partial charge is 0.496 e. The van der Waals surface area contributed by atoms with Crippen LogP contribution in [0.5, 0.6) is 17.2 Å². The molecule has 10 nitrogen and oxygen atoms in total. The molecule has 192 valence electrons. The van der Waals surface area contributed by atoms with Gasteiger partial charge < -0.3 is 24.1 Å². The number of aromatic nitrogens is 4. The molecule has 0 aliphatic carbocycles. The number of nitrogens with one attached hydrogen (secondary N) is 1. The van der Waals surface area contributed by atoms with Gasteiger partial charge in [0.15, 0.2) is 5.82 Å². The molecule has 3 heterocycles. The number of amides is 1. The zero-order valence-corrected chi connectivity index (χ0v) is 21.5. The van der Waals surface area contributed by atoms with Crippen molar-refractivity contribution in [2.45, 2.75) is 39.4 Å². The lowest BCUT2D eigenvalue weighted by Crippen LogP contribution is -2.34. The Bertz CT molecular complexity index is 1160. The zero-order chi connectivity index (χ0) is 25.7. The predicted molar refractivity (Wildman–Crippen MR) is 134 cm³/mol. The number of methoxy groups -OCH3 is 3. The van der Waals surface area contributed by atoms with Crippen LogP contribution in [0, 0.1) is 5.92 Å². The number of fused-ring (bicyclic) bond motifs is 1. The molecule has 4 rings (SSSR count). The highest BCUT2D eigenvalue weighted by Gasteiger charge is 2.28. The van der Waals surface area contributed by atoms with E-state index in [1.54, 1.807) is 45.7 Å². The van der Waals surface area contributed by atoms with Crippen molar-refractivity contribution >= 4 is 5.91 Å². The molecule has 0 radical (unpaired) electrons. The minimum absolute atomic E-state index is 0.123. The third kappa shape index (κ3) is 5.43. The Hall–Kier alpha value is -3.66. The number of hydrogen-bond donors (Lipinski definition) is 1. The summed E-state index contributed by atoms with van der Waals surface area (Å²) < 4.78 is 18.8. The molecule has 1 N–H and O–H groups in total. The molecule has 0 saturated heterocycles. The molecule has 3 aromatic rings. The molecule has 1 amide bonds. The predicted octanol–water partition coefficient (Wildman–Crippen LogP) is 2.88. The summed E-state index contributed by atoms with van der Waals surface area (Å²) >= 11 is 0. The minimum atomic E-state index is -0.283. The third-order valence-corrected chi connectivity index (χ3v) is 6.48. The minimum Gasteiger partial charge on any atom is -0.496 e. The van der Waals surface area contributed by atoms with E-state index in [0.717, 1.165) is 48.2 Å². The second kappa shape index (κ2) is 11.4. The van der Waals surface area contributed by atoms with E-state index in [1.165, 1.54) is 0 Å². The van der Waals surface area contributed by atoms with Crippen LogP contribution >= 0.6 is 0 Å². The smallest absolute Gasteiger partial charge is 0.270 e. The van der Waals surface area contributed by atoms with E-state index < -0.39 is 0 Å². The van der Waals surface area contributed by atoms with Gasteiger partial charge >= 0.3 is 0 Å². The van der Waals surface area contributed by atoms with Crippen molar-refractivity contribution in [1.29, 1.82) is 0 Å². The monoisotopic (exact) mass is 494 g/mol. The Morgan fingerprint density at radius 3 is 2.39 bits per heavy atom. The van der Waals surface area contributed by atoms with Gasteiger partial charge in [0.1, 0.15) is 28.8 Å². The van der Waals surface area contributed by atoms with Crippen LogP contribution in [-0.4, -0.2) is 65.0 Å². The molecule has 0 spiro atoms. The fraction of sp³-hybridized carbons (Fsp3) is 0.462. The summed E-state index contributed by atoms with van der Waals surface area (Å²) in [6.07, 6.45) is 2.36. The highest BCUT2D eigenvalue weighted by Crippen LogP contribution is 2.35. The molecule has 0 fully saturated rings. The quantitative estimate of drug-likeness (QED) is 0.484. The Kier molecular flexibility index (Phi) is 8.04. The Morgan fingerprint density at radius 2 is 1.78 bits per heavy atom. The van der Waals surface area contributed by atoms with Crippen LogP contribution in [0.4, 0.5) is 0 Å². The summed E-state index contributed by atoms with van der Waals surface area (Å²) in [5, 5.41) is 12.1. The van der Waals surface area contributed by atoms with Crippen molar-refractivity contribution in [3.63, 3.8) is 0 Å². The maximum Gasteiger partial charge on any atom is 0.270 e. The summed E-state index contributed by atoms with van der Waals surface area (Å²) in [6, 6.07) is 8.76. The van der Waals surface area contributed by atoms with Gasteiger partial charge in [-0.05, 0) is 18.1 Å². The highest BCUT2D eigenvalue weighted by atomic mass is 16.5. The van der Waals surface area contributed by atoms with Gasteiger partial charge in [-0.2, -0.15) is 0 Å². The second-order valence-corrected chi connectivity index (χ2v) is 9.07. The van der Waals surface area contributed by atoms with Crippen molar-refractivity contribution in [2.75, 3.05) is 34.4 Å². The van der Waals surface area contributed by atoms with Crippen LogP contribution in [0.25, 0.3) is 0 Å². The van der Waals surface area contributed by atoms with Crippen molar-refractivity contribution in [1.82, 2.24) is 30.0 Å². The first-order chi connectivity index (χ1) is 17.4. The molecule has 2 aromatic heterocycles. The van der Waals surface area contributed by atoms with Gasteiger partial charge in [-0.25, -0.2) is 0 Å². The topological polar surface area (TPSA) is 104 Å². The zero-order valence-electron chi connectivity index (χ0n) is 21.5. The fourth-order valence-electron chi connectivity index (χ4n) is 4.48. The average Bonchev–Trinajstić information content (AvgIpc) is 3.19. The molecular weight excluding hydrogens is 460 g/mol. The first-order valence-corrected chi connectivity index (χ1v) is 12.1. The molecular formula is C26H34N6O4. The number of ether oxygens (including phenoxy) is 3. The van der Waals surface area contributed by atoms with E-state index in [2.05, 4.69) is 43.8 Å². The number of pyridine rings is 1. The summed E-state index contributed by atoms with van der Waals surface area (Å²) in [5.74, 6) is 3.73. The summed E-state index contributed by atoms with van der Waals surface area (Å²) in [7, 11) is 4.93. The van der Waals surface area contributed by atoms with Crippen LogP contribution in [0.3, 0.4) is 0 Å². The number of carbonyl (C=O) groups excluding carboxylic acids is 1. The van der Waals surface area contributed by atoms with E-state index in [9.17, 15) is 4.79 Å². The van der Waals surface area contributed by atoms with Gasteiger partial charge in [0.25, 0.3) is 5.91 Å². The van der Waals surface area contributed by atoms with Gasteiger partial charge in [-0.15, -0.1) is 10.2 Å². The van der Waals surface area contributed by atoms with E-state index in [-0.39, 0.29) is 17.9 Å². The molecule has 1 atom stereocenters. The lowest BCUT2D eigenvalue weighted by Gasteiger charge is -2.24. The molecule has 0 bridgehead atoms. The fourth-order valence-corrected chi connectivity index (χ4v) is 4.48. The van der Waals surface area contributed by atoms with Gasteiger partial charge in [0.05, 0.1) is 32.9 Å². The molecule has 1 aromatic carbocycles. The first-order valence-electron chi connectivity index (χ1n) is 12.1. The van der Waals surface area contributed by atoms with Crippen LogP contribution < -0.4 is 19.5 Å². The maximum atomic E-state index is 12.8. The molecule has 0 unspecified atom stereocenters. The lowest BCUT2D eigenvalue weighted by molar-refractivity contribution is 0.0916. The highest BCUT2D eigenvalue weighted by molar-refractivity contribution is 5.92. The number of hydrogen-bond acceptors (Lipinski definition) is 8. The number of rotatable bonds is 9. The second-order valence-electron chi connectivity index (χ2n) is 9.07. The van der Waals surface area contributed by atoms with Gasteiger partial charge in [-0.1, -0.05) is 19.9 Å². The van der Waals surface area contributed by atoms with E-state index in [1.807, 2.05) is 12.1 Å². The van der Waals surface area contributed by atoms with Gasteiger partial charge in [0, 0.05) is 50.9 Å². The SMILES string of the molecule is COc1cc(OC)c(CN2CCc3nnc([C@H](NC(=O)c4ccccn4)C(C)C)n3CC2)c(OC)c1. The van der Waals surface area contributed by atoms with Crippen molar-refractivity contribution < 1.29 is 19.0 Å². The van der Waals surface area contributed by atoms with Crippen LogP contribution in [-0.2, 0) is 19.5 Å². The van der Waals surface area contributed by atoms with Crippen LogP contribution in [0.2, 0.25) is 0 Å². The maximum absolute atomic E-state index is 12.8. The summed E-state index contributed by atoms with van der Waals surface area (Å²) in [5.41, 5.74) is 1.36. The number of carbonyl (C=O) groups is 1. The first kappa shape index (κ1) is 25.4. The van der Waals surface area contributed by atoms with E-state index >= 15 is 0 Å². The Morgan fingerprint density at radius 1 is 1.03 bits per heavy atom. The molecule has 10 heteroatoms. The number of nitrogens with zero attached hydrogens (tertiary/aromatic N) is 5. The van der Waals surface area contributed by atoms with Gasteiger partial charge in [-0.3, -0.25) is 14.7 Å². The number of benzene rings is 1. The Balaban J connectivity index is 1.52. The average molecular weight is 495 g/mol. The van der Waals surface area contributed by atoms with Crippen molar-refractivity contribution in [2.24, 2.45) is 5.92 Å². The molecule has 0 saturated carbocycles.